The summed E-state index contributed by atoms with van der Waals surface area (Å²) in [5.41, 5.74) is 11.2. The van der Waals surface area contributed by atoms with Crippen LogP contribution in [0.25, 0.3) is 0 Å². The number of amides is 2. The third-order valence-electron chi connectivity index (χ3n) is 3.37. The Labute approximate surface area is 127 Å². The molecular formula is C13H21N5O2S. The van der Waals surface area contributed by atoms with E-state index in [1.165, 1.54) is 11.3 Å². The van der Waals surface area contributed by atoms with Crippen LogP contribution in [0, 0.1) is 5.92 Å². The van der Waals surface area contributed by atoms with Crippen molar-refractivity contribution < 1.29 is 9.59 Å². The number of piperidine rings is 1. The van der Waals surface area contributed by atoms with Crippen LogP contribution in [0.15, 0.2) is 0 Å². The molecule has 1 fully saturated rings. The molecule has 0 radical (unpaired) electrons. The summed E-state index contributed by atoms with van der Waals surface area (Å²) in [6.45, 7) is 4.95. The minimum Gasteiger partial charge on any atom is -0.382 e. The van der Waals surface area contributed by atoms with Gasteiger partial charge in [-0.3, -0.25) is 9.59 Å². The number of nitrogens with one attached hydrogen (secondary N) is 1. The van der Waals surface area contributed by atoms with Gasteiger partial charge in [0.15, 0.2) is 5.13 Å². The summed E-state index contributed by atoms with van der Waals surface area (Å²) in [4.78, 5) is 30.0. The maximum Gasteiger partial charge on any atom is 0.267 e. The van der Waals surface area contributed by atoms with Gasteiger partial charge in [-0.1, -0.05) is 11.3 Å². The molecule has 116 valence electrons. The molecule has 5 N–H and O–H groups in total. The molecule has 8 heteroatoms. The molecule has 2 heterocycles. The monoisotopic (exact) mass is 311 g/mol. The first kappa shape index (κ1) is 15.6. The van der Waals surface area contributed by atoms with Crippen molar-refractivity contribution in [3.63, 3.8) is 0 Å². The number of thiazole rings is 1. The summed E-state index contributed by atoms with van der Waals surface area (Å²) in [6, 6.07) is 0.215. The smallest absolute Gasteiger partial charge is 0.267 e. The summed E-state index contributed by atoms with van der Waals surface area (Å²) >= 11 is 1.24. The van der Waals surface area contributed by atoms with Gasteiger partial charge in [0.1, 0.15) is 10.7 Å². The van der Waals surface area contributed by atoms with Gasteiger partial charge in [-0.25, -0.2) is 4.98 Å². The minimum absolute atomic E-state index is 0.173. The third-order valence-corrected chi connectivity index (χ3v) is 4.36. The zero-order valence-electron chi connectivity index (χ0n) is 12.3. The second-order valence-corrected chi connectivity index (χ2v) is 6.52. The molecule has 21 heavy (non-hydrogen) atoms. The second-order valence-electron chi connectivity index (χ2n) is 5.53. The number of likely N-dealkylation sites (tertiary alicyclic amines) is 1. The fourth-order valence-electron chi connectivity index (χ4n) is 2.33. The molecule has 1 aliphatic rings. The molecule has 1 aromatic heterocycles. The van der Waals surface area contributed by atoms with E-state index in [0.717, 1.165) is 12.8 Å². The summed E-state index contributed by atoms with van der Waals surface area (Å²) in [6.07, 6.45) is 1.51. The van der Waals surface area contributed by atoms with Gasteiger partial charge in [-0.2, -0.15) is 0 Å². The van der Waals surface area contributed by atoms with Gasteiger partial charge in [-0.05, 0) is 26.7 Å². The average Bonchev–Trinajstić information content (AvgIpc) is 2.78. The Hall–Kier alpha value is -1.83. The Bertz CT molecular complexity index is 543. The predicted molar refractivity (Wildman–Crippen MR) is 83.1 cm³/mol. The van der Waals surface area contributed by atoms with Crippen LogP contribution in [0.2, 0.25) is 0 Å². The van der Waals surface area contributed by atoms with Crippen LogP contribution in [0.3, 0.4) is 0 Å². The molecule has 2 amide bonds. The van der Waals surface area contributed by atoms with E-state index >= 15 is 0 Å². The molecule has 1 aromatic rings. The quantitative estimate of drug-likeness (QED) is 0.763. The van der Waals surface area contributed by atoms with Gasteiger partial charge < -0.3 is 21.7 Å². The third kappa shape index (κ3) is 3.63. The van der Waals surface area contributed by atoms with Crippen LogP contribution in [0.1, 0.15) is 36.4 Å². The van der Waals surface area contributed by atoms with Crippen LogP contribution in [-0.4, -0.2) is 40.8 Å². The van der Waals surface area contributed by atoms with Crippen molar-refractivity contribution in [3.05, 3.63) is 4.88 Å². The van der Waals surface area contributed by atoms with Gasteiger partial charge >= 0.3 is 0 Å². The average molecular weight is 311 g/mol. The molecule has 1 unspecified atom stereocenters. The molecule has 0 spiro atoms. The first-order valence-electron chi connectivity index (χ1n) is 7.00. The Kier molecular flexibility index (Phi) is 4.66. The van der Waals surface area contributed by atoms with Gasteiger partial charge in [0, 0.05) is 19.1 Å². The number of aromatic nitrogens is 1. The minimum atomic E-state index is -0.355. The first-order valence-corrected chi connectivity index (χ1v) is 7.81. The summed E-state index contributed by atoms with van der Waals surface area (Å²) in [7, 11) is 0. The van der Waals surface area contributed by atoms with Crippen molar-refractivity contribution in [2.75, 3.05) is 24.1 Å². The number of anilines is 2. The highest BCUT2D eigenvalue weighted by molar-refractivity contribution is 7.18. The predicted octanol–water partition coefficient (Wildman–Crippen LogP) is 0.883. The molecule has 1 saturated heterocycles. The van der Waals surface area contributed by atoms with E-state index in [9.17, 15) is 9.59 Å². The molecule has 0 aliphatic carbocycles. The lowest BCUT2D eigenvalue weighted by Crippen LogP contribution is -2.44. The Balaban J connectivity index is 2.12. The van der Waals surface area contributed by atoms with Gasteiger partial charge in [-0.15, -0.1) is 0 Å². The maximum atomic E-state index is 12.5. The van der Waals surface area contributed by atoms with Crippen LogP contribution >= 0.6 is 11.3 Å². The maximum absolute atomic E-state index is 12.5. The fourth-order valence-corrected chi connectivity index (χ4v) is 3.33. The number of nitrogens with zero attached hydrogens (tertiary/aromatic N) is 2. The summed E-state index contributed by atoms with van der Waals surface area (Å²) in [5.74, 6) is -0.570. The molecule has 2 rings (SSSR count). The number of carbonyl (C=O) groups excluding carboxylic acids is 2. The Morgan fingerprint density at radius 3 is 2.81 bits per heavy atom. The molecule has 1 atom stereocenters. The van der Waals surface area contributed by atoms with E-state index in [1.807, 2.05) is 13.8 Å². The molecule has 1 aliphatic heterocycles. The van der Waals surface area contributed by atoms with E-state index in [4.69, 9.17) is 11.5 Å². The van der Waals surface area contributed by atoms with E-state index in [1.54, 1.807) is 4.90 Å². The summed E-state index contributed by atoms with van der Waals surface area (Å²) in [5, 5.41) is 3.77. The van der Waals surface area contributed by atoms with Crippen molar-refractivity contribution in [3.8, 4) is 0 Å². The van der Waals surface area contributed by atoms with Crippen molar-refractivity contribution in [1.82, 2.24) is 9.88 Å². The normalized spacial score (nSPS) is 18.8. The highest BCUT2D eigenvalue weighted by Gasteiger charge is 2.29. The Morgan fingerprint density at radius 1 is 1.48 bits per heavy atom. The number of rotatable bonds is 4. The lowest BCUT2D eigenvalue weighted by Gasteiger charge is -2.30. The summed E-state index contributed by atoms with van der Waals surface area (Å²) < 4.78 is 0. The molecule has 0 bridgehead atoms. The Morgan fingerprint density at radius 2 is 2.19 bits per heavy atom. The standard InChI is InChI=1S/C13H21N5O2S/c1-7(2)16-13-17-10(14)9(21-13)12(20)18-5-3-4-8(6-18)11(15)19/h7-8H,3-6,14H2,1-2H3,(H2,15,19)(H,16,17). The van der Waals surface area contributed by atoms with Gasteiger partial charge in [0.05, 0.1) is 5.92 Å². The highest BCUT2D eigenvalue weighted by atomic mass is 32.1. The van der Waals surface area contributed by atoms with Gasteiger partial charge in [0.2, 0.25) is 5.91 Å². The van der Waals surface area contributed by atoms with Gasteiger partial charge in [0.25, 0.3) is 5.91 Å². The fraction of sp³-hybridized carbons (Fsp3) is 0.615. The zero-order chi connectivity index (χ0) is 15.6. The van der Waals surface area contributed by atoms with Crippen molar-refractivity contribution >= 4 is 34.1 Å². The second kappa shape index (κ2) is 6.30. The number of primary amides is 1. The molecular weight excluding hydrogens is 290 g/mol. The number of hydrogen-bond donors (Lipinski definition) is 3. The van der Waals surface area contributed by atoms with Crippen LogP contribution in [0.5, 0.6) is 0 Å². The number of hydrogen-bond acceptors (Lipinski definition) is 6. The van der Waals surface area contributed by atoms with Crippen LogP contribution in [-0.2, 0) is 4.79 Å². The van der Waals surface area contributed by atoms with Crippen molar-refractivity contribution in [1.29, 1.82) is 0 Å². The molecule has 0 aromatic carbocycles. The number of carbonyl (C=O) groups is 2. The van der Waals surface area contributed by atoms with E-state index < -0.39 is 0 Å². The van der Waals surface area contributed by atoms with Crippen LogP contribution < -0.4 is 16.8 Å². The topological polar surface area (TPSA) is 114 Å². The van der Waals surface area contributed by atoms with Crippen LogP contribution in [0.4, 0.5) is 10.9 Å². The van der Waals surface area contributed by atoms with E-state index in [2.05, 4.69) is 10.3 Å². The largest absolute Gasteiger partial charge is 0.382 e. The number of nitrogen functional groups attached to an aromatic ring is 1. The van der Waals surface area contributed by atoms with E-state index in [0.29, 0.717) is 23.1 Å². The number of nitrogens with two attached hydrogens (primary N) is 2. The first-order chi connectivity index (χ1) is 9.88. The van der Waals surface area contributed by atoms with Crippen molar-refractivity contribution in [2.24, 2.45) is 11.7 Å². The van der Waals surface area contributed by atoms with Crippen molar-refractivity contribution in [2.45, 2.75) is 32.7 Å². The zero-order valence-corrected chi connectivity index (χ0v) is 13.1. The molecule has 7 nitrogen and oxygen atoms in total. The van der Waals surface area contributed by atoms with E-state index in [-0.39, 0.29) is 29.6 Å². The highest BCUT2D eigenvalue weighted by Crippen LogP contribution is 2.28. The SMILES string of the molecule is CC(C)Nc1nc(N)c(C(=O)N2CCCC(C(N)=O)C2)s1. The lowest BCUT2D eigenvalue weighted by molar-refractivity contribution is -0.123. The lowest BCUT2D eigenvalue weighted by atomic mass is 9.97. The molecule has 0 saturated carbocycles.